The molecule has 1 amide bonds. The molecule has 1 aromatic carbocycles. The van der Waals surface area contributed by atoms with Gasteiger partial charge in [0.05, 0.1) is 6.54 Å². The number of carbonyl (C=O) groups excluding carboxylic acids is 1. The number of hydrogen-bond donors (Lipinski definition) is 1. The highest BCUT2D eigenvalue weighted by molar-refractivity contribution is 5.96. The van der Waals surface area contributed by atoms with Crippen molar-refractivity contribution < 1.29 is 4.79 Å². The van der Waals surface area contributed by atoms with Crippen LogP contribution in [0.3, 0.4) is 0 Å². The number of carbonyl (C=O) groups is 1. The largest absolute Gasteiger partial charge is 0.337 e. The molecule has 0 saturated carbocycles. The maximum Gasteiger partial charge on any atom is 0.254 e. The van der Waals surface area contributed by atoms with Crippen molar-refractivity contribution in [3.05, 3.63) is 34.9 Å². The maximum absolute atomic E-state index is 12.7. The van der Waals surface area contributed by atoms with E-state index in [-0.39, 0.29) is 5.91 Å². The third-order valence-electron chi connectivity index (χ3n) is 3.90. The van der Waals surface area contributed by atoms with Crippen LogP contribution in [0.15, 0.2) is 18.2 Å². The fourth-order valence-corrected chi connectivity index (χ4v) is 2.57. The van der Waals surface area contributed by atoms with Crippen molar-refractivity contribution in [3.63, 3.8) is 0 Å². The van der Waals surface area contributed by atoms with Gasteiger partial charge in [-0.25, -0.2) is 0 Å². The second kappa shape index (κ2) is 7.26. The number of benzene rings is 1. The summed E-state index contributed by atoms with van der Waals surface area (Å²) < 4.78 is 0. The molecule has 0 aromatic heterocycles. The summed E-state index contributed by atoms with van der Waals surface area (Å²) >= 11 is 0. The van der Waals surface area contributed by atoms with Crippen molar-refractivity contribution in [1.29, 1.82) is 0 Å². The number of likely N-dealkylation sites (N-methyl/N-ethyl adjacent to an activating group) is 1. The summed E-state index contributed by atoms with van der Waals surface area (Å²) in [6, 6.07) is 5.72. The summed E-state index contributed by atoms with van der Waals surface area (Å²) in [5.74, 6) is 6.00. The van der Waals surface area contributed by atoms with Gasteiger partial charge < -0.3 is 15.5 Å². The van der Waals surface area contributed by atoms with Crippen LogP contribution in [0.5, 0.6) is 0 Å². The molecule has 4 nitrogen and oxygen atoms in total. The average Bonchev–Trinajstić information content (AvgIpc) is 2.70. The smallest absolute Gasteiger partial charge is 0.254 e. The van der Waals surface area contributed by atoms with Gasteiger partial charge in [0.15, 0.2) is 0 Å². The first-order valence-corrected chi connectivity index (χ1v) is 7.40. The normalized spacial score (nSPS) is 16.0. The molecular formula is C17H23N3O. The van der Waals surface area contributed by atoms with Crippen LogP contribution >= 0.6 is 0 Å². The van der Waals surface area contributed by atoms with E-state index in [1.54, 1.807) is 0 Å². The van der Waals surface area contributed by atoms with E-state index in [4.69, 9.17) is 5.73 Å². The van der Waals surface area contributed by atoms with Crippen LogP contribution in [0.1, 0.15) is 27.9 Å². The Morgan fingerprint density at radius 3 is 2.86 bits per heavy atom. The van der Waals surface area contributed by atoms with Gasteiger partial charge in [-0.3, -0.25) is 4.79 Å². The summed E-state index contributed by atoms with van der Waals surface area (Å²) in [6.45, 7) is 5.87. The van der Waals surface area contributed by atoms with E-state index in [1.165, 1.54) is 0 Å². The highest BCUT2D eigenvalue weighted by Crippen LogP contribution is 2.16. The average molecular weight is 285 g/mol. The molecule has 0 aliphatic carbocycles. The summed E-state index contributed by atoms with van der Waals surface area (Å²) in [4.78, 5) is 17.0. The van der Waals surface area contributed by atoms with E-state index in [2.05, 4.69) is 23.8 Å². The van der Waals surface area contributed by atoms with Crippen molar-refractivity contribution in [3.8, 4) is 11.8 Å². The quantitative estimate of drug-likeness (QED) is 0.786. The molecule has 4 heteroatoms. The molecular weight excluding hydrogens is 262 g/mol. The Bertz CT molecular complexity index is 571. The van der Waals surface area contributed by atoms with Crippen molar-refractivity contribution >= 4 is 5.91 Å². The Kier molecular flexibility index (Phi) is 5.38. The molecule has 1 saturated heterocycles. The number of nitrogens with two attached hydrogens (primary N) is 1. The van der Waals surface area contributed by atoms with Crippen molar-refractivity contribution in [2.45, 2.75) is 13.3 Å². The summed E-state index contributed by atoms with van der Waals surface area (Å²) in [5, 5.41) is 0. The number of nitrogens with zero attached hydrogens (tertiary/aromatic N) is 2. The molecule has 0 spiro atoms. The second-order valence-corrected chi connectivity index (χ2v) is 5.43. The zero-order valence-corrected chi connectivity index (χ0v) is 12.9. The lowest BCUT2D eigenvalue weighted by molar-refractivity contribution is 0.0762. The lowest BCUT2D eigenvalue weighted by atomic mass is 10.0. The van der Waals surface area contributed by atoms with Crippen LogP contribution in [0.25, 0.3) is 0 Å². The molecule has 0 radical (unpaired) electrons. The summed E-state index contributed by atoms with van der Waals surface area (Å²) in [6.07, 6.45) is 1.02. The standard InChI is InChI=1S/C17H23N3O/c1-14-15(7-4-9-18)6-3-8-16(14)17(21)20-11-5-10-19(2)12-13-20/h3,6,8H,5,9-13,18H2,1-2H3. The number of rotatable bonds is 1. The zero-order chi connectivity index (χ0) is 15.2. The number of hydrogen-bond acceptors (Lipinski definition) is 3. The first-order valence-electron chi connectivity index (χ1n) is 7.40. The molecule has 112 valence electrons. The second-order valence-electron chi connectivity index (χ2n) is 5.43. The molecule has 21 heavy (non-hydrogen) atoms. The van der Waals surface area contributed by atoms with E-state index in [9.17, 15) is 4.79 Å². The van der Waals surface area contributed by atoms with E-state index in [0.717, 1.165) is 49.3 Å². The lowest BCUT2D eigenvalue weighted by Gasteiger charge is -2.21. The Labute approximate surface area is 126 Å². The fourth-order valence-electron chi connectivity index (χ4n) is 2.57. The Morgan fingerprint density at radius 1 is 1.29 bits per heavy atom. The van der Waals surface area contributed by atoms with Crippen LogP contribution < -0.4 is 5.73 Å². The van der Waals surface area contributed by atoms with Gasteiger partial charge in [0, 0.05) is 30.8 Å². The molecule has 0 atom stereocenters. The van der Waals surface area contributed by atoms with E-state index in [0.29, 0.717) is 6.54 Å². The molecule has 0 unspecified atom stereocenters. The summed E-state index contributed by atoms with van der Waals surface area (Å²) in [7, 11) is 2.10. The third-order valence-corrected chi connectivity index (χ3v) is 3.90. The van der Waals surface area contributed by atoms with Crippen molar-refractivity contribution in [2.24, 2.45) is 5.73 Å². The highest BCUT2D eigenvalue weighted by Gasteiger charge is 2.20. The highest BCUT2D eigenvalue weighted by atomic mass is 16.2. The predicted octanol–water partition coefficient (Wildman–Crippen LogP) is 1.08. The molecule has 2 rings (SSSR count). The Balaban J connectivity index is 2.22. The number of amides is 1. The minimum Gasteiger partial charge on any atom is -0.337 e. The Hall–Kier alpha value is -1.83. The molecule has 1 heterocycles. The predicted molar refractivity (Wildman–Crippen MR) is 85.1 cm³/mol. The van der Waals surface area contributed by atoms with Gasteiger partial charge in [0.1, 0.15) is 0 Å². The maximum atomic E-state index is 12.7. The van der Waals surface area contributed by atoms with Gasteiger partial charge in [-0.05, 0) is 44.6 Å². The van der Waals surface area contributed by atoms with Crippen molar-refractivity contribution in [2.75, 3.05) is 39.8 Å². The zero-order valence-electron chi connectivity index (χ0n) is 12.9. The fraction of sp³-hybridized carbons (Fsp3) is 0.471. The minimum absolute atomic E-state index is 0.110. The van der Waals surface area contributed by atoms with E-state index >= 15 is 0 Å². The monoisotopic (exact) mass is 285 g/mol. The third kappa shape index (κ3) is 3.84. The van der Waals surface area contributed by atoms with E-state index in [1.807, 2.05) is 30.0 Å². The topological polar surface area (TPSA) is 49.6 Å². The van der Waals surface area contributed by atoms with Gasteiger partial charge in [-0.1, -0.05) is 17.9 Å². The Morgan fingerprint density at radius 2 is 2.10 bits per heavy atom. The first kappa shape index (κ1) is 15.6. The first-order chi connectivity index (χ1) is 10.1. The van der Waals surface area contributed by atoms with Crippen molar-refractivity contribution in [1.82, 2.24) is 9.80 Å². The minimum atomic E-state index is 0.110. The van der Waals surface area contributed by atoms with Crippen LogP contribution in [-0.4, -0.2) is 55.5 Å². The van der Waals surface area contributed by atoms with Crippen LogP contribution in [0, 0.1) is 18.8 Å². The van der Waals surface area contributed by atoms with Crippen LogP contribution in [0.2, 0.25) is 0 Å². The van der Waals surface area contributed by atoms with Gasteiger partial charge in [-0.15, -0.1) is 0 Å². The van der Waals surface area contributed by atoms with Crippen LogP contribution in [0.4, 0.5) is 0 Å². The van der Waals surface area contributed by atoms with Gasteiger partial charge in [0.25, 0.3) is 5.91 Å². The molecule has 1 fully saturated rings. The SMILES string of the molecule is Cc1c(C#CCN)cccc1C(=O)N1CCCN(C)CC1. The molecule has 1 aliphatic heterocycles. The van der Waals surface area contributed by atoms with Crippen LogP contribution in [-0.2, 0) is 0 Å². The lowest BCUT2D eigenvalue weighted by Crippen LogP contribution is -2.34. The molecule has 1 aromatic rings. The molecule has 0 bridgehead atoms. The molecule has 2 N–H and O–H groups in total. The van der Waals surface area contributed by atoms with Gasteiger partial charge >= 0.3 is 0 Å². The van der Waals surface area contributed by atoms with E-state index < -0.39 is 0 Å². The van der Waals surface area contributed by atoms with Gasteiger partial charge in [0.2, 0.25) is 0 Å². The van der Waals surface area contributed by atoms with Gasteiger partial charge in [-0.2, -0.15) is 0 Å². The summed E-state index contributed by atoms with van der Waals surface area (Å²) in [5.41, 5.74) is 8.00. The molecule has 1 aliphatic rings.